The highest BCUT2D eigenvalue weighted by Gasteiger charge is 2.17. The van der Waals surface area contributed by atoms with Crippen LogP contribution in [0.15, 0.2) is 76.0 Å². The molecular formula is C28H24O8. The number of ether oxygens (including phenoxy) is 5. The predicted octanol–water partition coefficient (Wildman–Crippen LogP) is 5.11. The van der Waals surface area contributed by atoms with Crippen LogP contribution < -0.4 is 29.1 Å². The van der Waals surface area contributed by atoms with Crippen LogP contribution >= 0.6 is 0 Å². The summed E-state index contributed by atoms with van der Waals surface area (Å²) in [6, 6.07) is 16.6. The van der Waals surface area contributed by atoms with Crippen molar-refractivity contribution in [1.82, 2.24) is 0 Å². The number of carbonyl (C=O) groups is 1. The van der Waals surface area contributed by atoms with E-state index in [9.17, 15) is 9.59 Å². The number of esters is 1. The van der Waals surface area contributed by atoms with E-state index in [1.165, 1.54) is 39.5 Å². The normalized spacial score (nSPS) is 10.9. The third kappa shape index (κ3) is 5.17. The minimum Gasteiger partial charge on any atom is -0.497 e. The van der Waals surface area contributed by atoms with E-state index in [2.05, 4.69) is 0 Å². The molecule has 0 bridgehead atoms. The van der Waals surface area contributed by atoms with Crippen molar-refractivity contribution in [2.24, 2.45) is 0 Å². The van der Waals surface area contributed by atoms with Crippen LogP contribution in [0.2, 0.25) is 0 Å². The Labute approximate surface area is 207 Å². The molecule has 8 heteroatoms. The van der Waals surface area contributed by atoms with Gasteiger partial charge in [0, 0.05) is 17.7 Å². The zero-order valence-electron chi connectivity index (χ0n) is 20.2. The average molecular weight is 488 g/mol. The second-order valence-electron chi connectivity index (χ2n) is 7.57. The van der Waals surface area contributed by atoms with Gasteiger partial charge in [-0.25, -0.2) is 4.79 Å². The topological polar surface area (TPSA) is 93.4 Å². The maximum atomic E-state index is 12.9. The molecule has 0 fully saturated rings. The van der Waals surface area contributed by atoms with Crippen molar-refractivity contribution in [3.8, 4) is 40.1 Å². The van der Waals surface area contributed by atoms with E-state index in [0.717, 1.165) is 11.3 Å². The summed E-state index contributed by atoms with van der Waals surface area (Å²) in [5.74, 6) is 1.97. The van der Waals surface area contributed by atoms with Crippen LogP contribution in [0.5, 0.6) is 28.7 Å². The summed E-state index contributed by atoms with van der Waals surface area (Å²) in [5.41, 5.74) is 1.42. The Morgan fingerprint density at radius 1 is 0.778 bits per heavy atom. The van der Waals surface area contributed by atoms with Crippen LogP contribution in [0, 0.1) is 0 Å². The summed E-state index contributed by atoms with van der Waals surface area (Å²) in [5, 5.41) is 0.274. The van der Waals surface area contributed by atoms with Gasteiger partial charge in [0.15, 0.2) is 16.9 Å². The first-order valence-electron chi connectivity index (χ1n) is 10.9. The molecule has 3 aromatic carbocycles. The lowest BCUT2D eigenvalue weighted by Crippen LogP contribution is -2.05. The number of fused-ring (bicyclic) bond motifs is 1. The molecule has 184 valence electrons. The standard InChI is InChI=1S/C28H24O8/c1-31-19-8-5-17(6-9-19)7-12-27(30)35-20-10-11-23-21(15-20)22(29)16-24(36-23)18-13-25(32-2)28(34-4)26(14-18)33-3/h5-16H,1-4H3/b12-7+. The van der Waals surface area contributed by atoms with Crippen molar-refractivity contribution < 1.29 is 32.9 Å². The molecule has 0 saturated heterocycles. The first-order chi connectivity index (χ1) is 17.4. The Morgan fingerprint density at radius 3 is 2.06 bits per heavy atom. The molecular weight excluding hydrogens is 464 g/mol. The van der Waals surface area contributed by atoms with Gasteiger partial charge in [-0.2, -0.15) is 0 Å². The predicted molar refractivity (Wildman–Crippen MR) is 135 cm³/mol. The van der Waals surface area contributed by atoms with E-state index < -0.39 is 5.97 Å². The summed E-state index contributed by atoms with van der Waals surface area (Å²) in [7, 11) is 6.11. The number of benzene rings is 3. The van der Waals surface area contributed by atoms with Crippen LogP contribution in [-0.4, -0.2) is 34.4 Å². The fraction of sp³-hybridized carbons (Fsp3) is 0.143. The minimum atomic E-state index is -0.580. The zero-order chi connectivity index (χ0) is 25.7. The van der Waals surface area contributed by atoms with Gasteiger partial charge in [-0.15, -0.1) is 0 Å². The van der Waals surface area contributed by atoms with Gasteiger partial charge in [-0.05, 0) is 54.1 Å². The van der Waals surface area contributed by atoms with Crippen molar-refractivity contribution in [3.05, 3.63) is 82.5 Å². The molecule has 1 heterocycles. The van der Waals surface area contributed by atoms with Crippen LogP contribution in [0.3, 0.4) is 0 Å². The zero-order valence-corrected chi connectivity index (χ0v) is 20.2. The van der Waals surface area contributed by atoms with Gasteiger partial charge in [-0.3, -0.25) is 4.79 Å². The second-order valence-corrected chi connectivity index (χ2v) is 7.57. The number of hydrogen-bond acceptors (Lipinski definition) is 8. The van der Waals surface area contributed by atoms with Crippen LogP contribution in [-0.2, 0) is 4.79 Å². The molecule has 0 N–H and O–H groups in total. The van der Waals surface area contributed by atoms with E-state index in [1.54, 1.807) is 49.6 Å². The molecule has 0 unspecified atom stereocenters. The molecule has 0 atom stereocenters. The van der Waals surface area contributed by atoms with E-state index in [-0.39, 0.29) is 16.6 Å². The second kappa shape index (κ2) is 10.7. The third-order valence-electron chi connectivity index (χ3n) is 5.39. The van der Waals surface area contributed by atoms with E-state index in [4.69, 9.17) is 28.1 Å². The van der Waals surface area contributed by atoms with E-state index in [1.807, 2.05) is 12.1 Å². The molecule has 8 nitrogen and oxygen atoms in total. The first-order valence-corrected chi connectivity index (χ1v) is 10.9. The van der Waals surface area contributed by atoms with E-state index in [0.29, 0.717) is 34.2 Å². The lowest BCUT2D eigenvalue weighted by molar-refractivity contribution is -0.128. The molecule has 0 aliphatic rings. The number of carbonyl (C=O) groups excluding carboxylic acids is 1. The van der Waals surface area contributed by atoms with Crippen molar-refractivity contribution in [3.63, 3.8) is 0 Å². The van der Waals surface area contributed by atoms with Crippen molar-refractivity contribution >= 4 is 23.0 Å². The quantitative estimate of drug-likeness (QED) is 0.192. The van der Waals surface area contributed by atoms with Gasteiger partial charge in [0.2, 0.25) is 5.75 Å². The summed E-state index contributed by atoms with van der Waals surface area (Å²) < 4.78 is 32.6. The lowest BCUT2D eigenvalue weighted by Gasteiger charge is -2.14. The van der Waals surface area contributed by atoms with Gasteiger partial charge < -0.3 is 28.1 Å². The summed E-state index contributed by atoms with van der Waals surface area (Å²) in [6.45, 7) is 0. The maximum Gasteiger partial charge on any atom is 0.336 e. The Balaban J connectivity index is 1.59. The molecule has 0 radical (unpaired) electrons. The highest BCUT2D eigenvalue weighted by molar-refractivity contribution is 5.89. The third-order valence-corrected chi connectivity index (χ3v) is 5.39. The van der Waals surface area contributed by atoms with E-state index >= 15 is 0 Å². The monoisotopic (exact) mass is 488 g/mol. The number of rotatable bonds is 8. The number of hydrogen-bond donors (Lipinski definition) is 0. The van der Waals surface area contributed by atoms with Gasteiger partial charge >= 0.3 is 5.97 Å². The molecule has 0 amide bonds. The van der Waals surface area contributed by atoms with Crippen molar-refractivity contribution in [2.45, 2.75) is 0 Å². The summed E-state index contributed by atoms with van der Waals surface area (Å²) >= 11 is 0. The Hall–Kier alpha value is -4.72. The van der Waals surface area contributed by atoms with Gasteiger partial charge in [0.25, 0.3) is 0 Å². The molecule has 4 aromatic rings. The fourth-order valence-corrected chi connectivity index (χ4v) is 3.59. The maximum absolute atomic E-state index is 12.9. The molecule has 1 aromatic heterocycles. The smallest absolute Gasteiger partial charge is 0.336 e. The highest BCUT2D eigenvalue weighted by Crippen LogP contribution is 2.41. The van der Waals surface area contributed by atoms with Gasteiger partial charge in [0.05, 0.1) is 33.8 Å². The lowest BCUT2D eigenvalue weighted by atomic mass is 10.1. The van der Waals surface area contributed by atoms with Crippen molar-refractivity contribution in [1.29, 1.82) is 0 Å². The average Bonchev–Trinajstić information content (AvgIpc) is 2.91. The SMILES string of the molecule is COc1ccc(/C=C/C(=O)Oc2ccc3oc(-c4cc(OC)c(OC)c(OC)c4)cc(=O)c3c2)cc1. The first kappa shape index (κ1) is 24.4. The molecule has 0 aliphatic carbocycles. The largest absolute Gasteiger partial charge is 0.497 e. The molecule has 0 aliphatic heterocycles. The van der Waals surface area contributed by atoms with Crippen LogP contribution in [0.4, 0.5) is 0 Å². The number of methoxy groups -OCH3 is 4. The minimum absolute atomic E-state index is 0.222. The molecule has 36 heavy (non-hydrogen) atoms. The molecule has 0 spiro atoms. The molecule has 0 saturated carbocycles. The molecule has 4 rings (SSSR count). The van der Waals surface area contributed by atoms with Crippen LogP contribution in [0.1, 0.15) is 5.56 Å². The Bertz CT molecular complexity index is 1460. The summed E-state index contributed by atoms with van der Waals surface area (Å²) in [4.78, 5) is 25.2. The van der Waals surface area contributed by atoms with Crippen LogP contribution in [0.25, 0.3) is 28.4 Å². The Morgan fingerprint density at radius 2 is 1.44 bits per heavy atom. The fourth-order valence-electron chi connectivity index (χ4n) is 3.59. The van der Waals surface area contributed by atoms with Crippen molar-refractivity contribution in [2.75, 3.05) is 28.4 Å². The summed E-state index contributed by atoms with van der Waals surface area (Å²) in [6.07, 6.45) is 2.93. The Kier molecular flexibility index (Phi) is 7.25. The van der Waals surface area contributed by atoms with Gasteiger partial charge in [0.1, 0.15) is 22.8 Å². The van der Waals surface area contributed by atoms with Gasteiger partial charge in [-0.1, -0.05) is 12.1 Å². The highest BCUT2D eigenvalue weighted by atomic mass is 16.5.